The lowest BCUT2D eigenvalue weighted by Gasteiger charge is -2.12. The molecule has 8 heteroatoms. The third kappa shape index (κ3) is 5.17. The maximum Gasteiger partial charge on any atom is 0.416 e. The Balaban J connectivity index is 2.07. The van der Waals surface area contributed by atoms with Crippen molar-refractivity contribution >= 4 is 46.0 Å². The summed E-state index contributed by atoms with van der Waals surface area (Å²) in [6, 6.07) is 14.9. The minimum absolute atomic E-state index is 0.0439. The summed E-state index contributed by atoms with van der Waals surface area (Å²) >= 11 is 11.5. The molecule has 1 aromatic heterocycles. The standard InChI is InChI=1S/C22H16ClF3N2OS/c1-14-5-4-10-28(13-14)19(20(29)15-6-2-8-17(23)11-15)21(30)27-18-9-3-7-16(12-18)22(24,25)26/h2-13H,1H3,(H-,27,29,30)/p+1. The summed E-state index contributed by atoms with van der Waals surface area (Å²) in [7, 11) is 0. The number of benzene rings is 2. The smallest absolute Gasteiger partial charge is 0.416 e. The number of aliphatic hydroxyl groups excluding tert-OH is 1. The van der Waals surface area contributed by atoms with Gasteiger partial charge in [-0.3, -0.25) is 0 Å². The van der Waals surface area contributed by atoms with E-state index in [1.54, 1.807) is 47.3 Å². The summed E-state index contributed by atoms with van der Waals surface area (Å²) < 4.78 is 40.7. The molecule has 3 nitrogen and oxygen atoms in total. The molecule has 0 aliphatic rings. The molecule has 3 rings (SSSR count). The van der Waals surface area contributed by atoms with Crippen LogP contribution in [-0.4, -0.2) is 10.1 Å². The Hall–Kier alpha value is -2.90. The van der Waals surface area contributed by atoms with Crippen molar-refractivity contribution in [2.45, 2.75) is 13.1 Å². The van der Waals surface area contributed by atoms with Crippen molar-refractivity contribution in [2.24, 2.45) is 0 Å². The average molecular weight is 450 g/mol. The number of halogens is 4. The van der Waals surface area contributed by atoms with Gasteiger partial charge in [0, 0.05) is 27.9 Å². The molecule has 0 saturated heterocycles. The number of aryl methyl sites for hydroxylation is 1. The van der Waals surface area contributed by atoms with Gasteiger partial charge in [0.15, 0.2) is 23.1 Å². The number of hydrogen-bond acceptors (Lipinski definition) is 2. The van der Waals surface area contributed by atoms with Crippen molar-refractivity contribution in [1.29, 1.82) is 0 Å². The van der Waals surface area contributed by atoms with Crippen LogP contribution in [0.25, 0.3) is 11.5 Å². The summed E-state index contributed by atoms with van der Waals surface area (Å²) in [5.74, 6) is -0.169. The summed E-state index contributed by atoms with van der Waals surface area (Å²) in [5, 5.41) is 14.2. The van der Waals surface area contributed by atoms with E-state index in [1.807, 2.05) is 13.0 Å². The number of aliphatic hydroxyl groups is 1. The van der Waals surface area contributed by atoms with Crippen molar-refractivity contribution < 1.29 is 22.8 Å². The SMILES string of the molecule is Cc1ccc[n+](C(C(=S)Nc2cccc(C(F)(F)F)c2)=C(O)c2cccc(Cl)c2)c1. The Bertz CT molecular complexity index is 1130. The van der Waals surface area contributed by atoms with E-state index in [1.165, 1.54) is 12.1 Å². The van der Waals surface area contributed by atoms with Crippen molar-refractivity contribution in [2.75, 3.05) is 5.32 Å². The van der Waals surface area contributed by atoms with Crippen LogP contribution in [0.4, 0.5) is 18.9 Å². The average Bonchev–Trinajstić information content (AvgIpc) is 2.68. The first-order valence-corrected chi connectivity index (χ1v) is 9.60. The molecule has 0 bridgehead atoms. The van der Waals surface area contributed by atoms with Gasteiger partial charge in [-0.15, -0.1) is 0 Å². The van der Waals surface area contributed by atoms with Gasteiger partial charge in [0.2, 0.25) is 0 Å². The highest BCUT2D eigenvalue weighted by molar-refractivity contribution is 7.81. The van der Waals surface area contributed by atoms with Gasteiger partial charge in [0.05, 0.1) is 5.56 Å². The zero-order valence-corrected chi connectivity index (χ0v) is 17.3. The fraction of sp³-hybridized carbons (Fsp3) is 0.0909. The molecule has 0 unspecified atom stereocenters. The van der Waals surface area contributed by atoms with Crippen LogP contribution >= 0.6 is 23.8 Å². The van der Waals surface area contributed by atoms with E-state index >= 15 is 0 Å². The van der Waals surface area contributed by atoms with Gasteiger partial charge in [-0.25, -0.2) is 0 Å². The zero-order chi connectivity index (χ0) is 21.9. The number of alkyl halides is 3. The third-order valence-electron chi connectivity index (χ3n) is 4.19. The predicted octanol–water partition coefficient (Wildman–Crippen LogP) is 6.28. The fourth-order valence-electron chi connectivity index (χ4n) is 2.82. The highest BCUT2D eigenvalue weighted by Crippen LogP contribution is 2.31. The summed E-state index contributed by atoms with van der Waals surface area (Å²) in [4.78, 5) is 0.0439. The van der Waals surface area contributed by atoms with Gasteiger partial charge in [-0.2, -0.15) is 17.7 Å². The van der Waals surface area contributed by atoms with Crippen LogP contribution in [0, 0.1) is 6.92 Å². The van der Waals surface area contributed by atoms with Crippen molar-refractivity contribution in [3.05, 3.63) is 94.8 Å². The molecule has 0 aliphatic carbocycles. The van der Waals surface area contributed by atoms with Gasteiger partial charge < -0.3 is 10.4 Å². The van der Waals surface area contributed by atoms with Crippen LogP contribution < -0.4 is 9.88 Å². The second-order valence-electron chi connectivity index (χ2n) is 6.53. The molecule has 30 heavy (non-hydrogen) atoms. The van der Waals surface area contributed by atoms with Crippen molar-refractivity contribution in [3.63, 3.8) is 0 Å². The quantitative estimate of drug-likeness (QED) is 0.213. The molecule has 154 valence electrons. The minimum Gasteiger partial charge on any atom is -0.502 e. The van der Waals surface area contributed by atoms with E-state index in [9.17, 15) is 18.3 Å². The van der Waals surface area contributed by atoms with Crippen LogP contribution in [0.15, 0.2) is 73.1 Å². The Morgan fingerprint density at radius 3 is 2.47 bits per heavy atom. The lowest BCUT2D eigenvalue weighted by molar-refractivity contribution is -0.576. The Kier molecular flexibility index (Phi) is 6.43. The van der Waals surface area contributed by atoms with Gasteiger partial charge in [-0.05, 0) is 43.3 Å². The van der Waals surface area contributed by atoms with E-state index in [2.05, 4.69) is 5.32 Å². The topological polar surface area (TPSA) is 36.1 Å². The number of thiocarbonyl (C=S) groups is 1. The largest absolute Gasteiger partial charge is 0.502 e. The molecule has 0 amide bonds. The van der Waals surface area contributed by atoms with Gasteiger partial charge in [0.1, 0.15) is 0 Å². The van der Waals surface area contributed by atoms with Crippen LogP contribution in [0.1, 0.15) is 16.7 Å². The molecule has 0 aliphatic heterocycles. The fourth-order valence-corrected chi connectivity index (χ4v) is 3.33. The highest BCUT2D eigenvalue weighted by Gasteiger charge is 2.31. The third-order valence-corrected chi connectivity index (χ3v) is 4.72. The van der Waals surface area contributed by atoms with Gasteiger partial charge in [0.25, 0.3) is 5.70 Å². The summed E-state index contributed by atoms with van der Waals surface area (Å²) in [5.41, 5.74) is 0.867. The number of nitrogens with zero attached hydrogens (tertiary/aromatic N) is 1. The Labute approximate surface area is 182 Å². The number of anilines is 1. The minimum atomic E-state index is -4.48. The molecular formula is C22H17ClF3N2OS+. The first-order chi connectivity index (χ1) is 14.1. The summed E-state index contributed by atoms with van der Waals surface area (Å²) in [6.45, 7) is 1.87. The maximum atomic E-state index is 13.0. The number of aromatic nitrogens is 1. The molecule has 0 spiro atoms. The molecule has 3 aromatic rings. The normalized spacial score (nSPS) is 12.3. The van der Waals surface area contributed by atoms with Crippen molar-refractivity contribution in [3.8, 4) is 0 Å². The van der Waals surface area contributed by atoms with E-state index in [-0.39, 0.29) is 22.1 Å². The first kappa shape index (κ1) is 21.8. The predicted molar refractivity (Wildman–Crippen MR) is 116 cm³/mol. The maximum absolute atomic E-state index is 13.0. The van der Waals surface area contributed by atoms with Crippen LogP contribution in [0.3, 0.4) is 0 Å². The van der Waals surface area contributed by atoms with Crippen LogP contribution in [-0.2, 0) is 6.18 Å². The molecule has 0 fully saturated rings. The number of hydrogen-bond donors (Lipinski definition) is 2. The Morgan fingerprint density at radius 1 is 1.07 bits per heavy atom. The van der Waals surface area contributed by atoms with Crippen LogP contribution in [0.5, 0.6) is 0 Å². The molecule has 1 heterocycles. The Morgan fingerprint density at radius 2 is 1.80 bits per heavy atom. The highest BCUT2D eigenvalue weighted by atomic mass is 35.5. The van der Waals surface area contributed by atoms with Gasteiger partial charge >= 0.3 is 6.18 Å². The molecule has 0 radical (unpaired) electrons. The van der Waals surface area contributed by atoms with Gasteiger partial charge in [-0.1, -0.05) is 42.0 Å². The molecule has 2 N–H and O–H groups in total. The number of pyridine rings is 1. The lowest BCUT2D eigenvalue weighted by atomic mass is 10.1. The number of nitrogens with one attached hydrogen (secondary N) is 1. The van der Waals surface area contributed by atoms with Crippen LogP contribution in [0.2, 0.25) is 5.02 Å². The molecule has 0 saturated carbocycles. The molecular weight excluding hydrogens is 433 g/mol. The summed E-state index contributed by atoms with van der Waals surface area (Å²) in [6.07, 6.45) is -1.05. The van der Waals surface area contributed by atoms with E-state index < -0.39 is 11.7 Å². The lowest BCUT2D eigenvalue weighted by Crippen LogP contribution is -2.38. The monoisotopic (exact) mass is 449 g/mol. The van der Waals surface area contributed by atoms with E-state index in [0.29, 0.717) is 10.6 Å². The second kappa shape index (κ2) is 8.85. The first-order valence-electron chi connectivity index (χ1n) is 8.81. The zero-order valence-electron chi connectivity index (χ0n) is 15.7. The number of rotatable bonds is 4. The van der Waals surface area contributed by atoms with E-state index in [4.69, 9.17) is 23.8 Å². The van der Waals surface area contributed by atoms with E-state index in [0.717, 1.165) is 17.7 Å². The molecule has 0 atom stereocenters. The second-order valence-corrected chi connectivity index (χ2v) is 7.37. The van der Waals surface area contributed by atoms with Crippen molar-refractivity contribution in [1.82, 2.24) is 0 Å². The molecule has 2 aromatic carbocycles.